The number of carbonyl (C=O) groups excluding carboxylic acids is 1. The van der Waals surface area contributed by atoms with Gasteiger partial charge in [0.05, 0.1) is 0 Å². The number of nitrogens with one attached hydrogen (secondary N) is 3. The van der Waals surface area contributed by atoms with Crippen LogP contribution in [0.4, 0.5) is 5.69 Å². The molecule has 6 nitrogen and oxygen atoms in total. The van der Waals surface area contributed by atoms with E-state index in [4.69, 9.17) is 0 Å². The van der Waals surface area contributed by atoms with Gasteiger partial charge < -0.3 is 10.6 Å². The lowest BCUT2D eigenvalue weighted by Crippen LogP contribution is -2.34. The Morgan fingerprint density at radius 2 is 1.96 bits per heavy atom. The van der Waals surface area contributed by atoms with Crippen molar-refractivity contribution >= 4 is 24.0 Å². The lowest BCUT2D eigenvalue weighted by atomic mass is 9.97. The Balaban J connectivity index is 0.00000169. The van der Waals surface area contributed by atoms with Crippen LogP contribution in [0.25, 0.3) is 11.4 Å². The number of carbonyl (C=O) groups is 1. The lowest BCUT2D eigenvalue weighted by molar-refractivity contribution is -0.120. The predicted octanol–water partition coefficient (Wildman–Crippen LogP) is 2.71. The van der Waals surface area contributed by atoms with Crippen molar-refractivity contribution in [2.75, 3.05) is 18.4 Å². The molecule has 1 amide bonds. The molecule has 1 aromatic heterocycles. The van der Waals surface area contributed by atoms with Crippen molar-refractivity contribution in [2.24, 2.45) is 5.92 Å². The van der Waals surface area contributed by atoms with Crippen molar-refractivity contribution in [1.29, 1.82) is 0 Å². The highest BCUT2D eigenvalue weighted by Gasteiger charge is 2.27. The molecule has 24 heavy (non-hydrogen) atoms. The van der Waals surface area contributed by atoms with Gasteiger partial charge in [-0.05, 0) is 50.9 Å². The Morgan fingerprint density at radius 1 is 1.17 bits per heavy atom. The third-order valence-corrected chi connectivity index (χ3v) is 4.57. The number of amides is 1. The summed E-state index contributed by atoms with van der Waals surface area (Å²) >= 11 is 0. The number of rotatable bonds is 4. The molecule has 2 fully saturated rings. The number of halogens is 1. The van der Waals surface area contributed by atoms with E-state index in [0.29, 0.717) is 11.7 Å². The first-order valence-electron chi connectivity index (χ1n) is 8.34. The third kappa shape index (κ3) is 3.76. The highest BCUT2D eigenvalue weighted by Crippen LogP contribution is 2.38. The minimum Gasteiger partial charge on any atom is -0.326 e. The summed E-state index contributed by atoms with van der Waals surface area (Å²) in [5.41, 5.74) is 1.74. The molecule has 2 heterocycles. The second kappa shape index (κ2) is 7.32. The van der Waals surface area contributed by atoms with Crippen molar-refractivity contribution in [1.82, 2.24) is 20.5 Å². The van der Waals surface area contributed by atoms with E-state index in [9.17, 15) is 4.79 Å². The maximum Gasteiger partial charge on any atom is 0.227 e. The van der Waals surface area contributed by atoms with Gasteiger partial charge in [-0.2, -0.15) is 5.10 Å². The number of H-pyrrole nitrogens is 1. The van der Waals surface area contributed by atoms with E-state index in [2.05, 4.69) is 25.8 Å². The molecule has 128 valence electrons. The molecule has 0 spiro atoms. The zero-order valence-electron chi connectivity index (χ0n) is 13.4. The summed E-state index contributed by atoms with van der Waals surface area (Å²) in [4.78, 5) is 16.9. The standard InChI is InChI=1S/C17H21N5O.ClH/c23-17(12-6-8-18-9-7-12)19-14-3-1-2-13(10-14)16-20-15(21-22-16)11-4-5-11;/h1-3,10-12,18H,4-9H2,(H,19,23)(H,20,21,22);1H. The van der Waals surface area contributed by atoms with Gasteiger partial charge in [0.25, 0.3) is 0 Å². The Hall–Kier alpha value is -1.92. The first-order chi connectivity index (χ1) is 11.3. The van der Waals surface area contributed by atoms with Gasteiger partial charge in [-0.15, -0.1) is 12.4 Å². The maximum absolute atomic E-state index is 12.3. The first-order valence-corrected chi connectivity index (χ1v) is 8.34. The third-order valence-electron chi connectivity index (χ3n) is 4.57. The van der Waals surface area contributed by atoms with E-state index >= 15 is 0 Å². The molecule has 3 N–H and O–H groups in total. The lowest BCUT2D eigenvalue weighted by Gasteiger charge is -2.21. The minimum atomic E-state index is 0. The van der Waals surface area contributed by atoms with Crippen molar-refractivity contribution in [3.8, 4) is 11.4 Å². The Bertz CT molecular complexity index is 707. The Morgan fingerprint density at radius 3 is 2.71 bits per heavy atom. The molecule has 1 saturated heterocycles. The number of anilines is 1. The second-order valence-corrected chi connectivity index (χ2v) is 6.41. The van der Waals surface area contributed by atoms with Gasteiger partial charge >= 0.3 is 0 Å². The molecule has 2 aliphatic rings. The average Bonchev–Trinajstić information content (AvgIpc) is 3.33. The molecule has 0 radical (unpaired) electrons. The van der Waals surface area contributed by atoms with Crippen LogP contribution in [-0.2, 0) is 4.79 Å². The van der Waals surface area contributed by atoms with Gasteiger partial charge in [-0.25, -0.2) is 4.98 Å². The average molecular weight is 348 g/mol. The van der Waals surface area contributed by atoms with Gasteiger partial charge in [0.15, 0.2) is 5.82 Å². The molecule has 7 heteroatoms. The van der Waals surface area contributed by atoms with E-state index in [0.717, 1.165) is 43.0 Å². The van der Waals surface area contributed by atoms with E-state index in [1.165, 1.54) is 12.8 Å². The Kier molecular flexibility index (Phi) is 5.16. The molecule has 0 bridgehead atoms. The van der Waals surface area contributed by atoms with Gasteiger partial charge in [-0.1, -0.05) is 12.1 Å². The highest BCUT2D eigenvalue weighted by molar-refractivity contribution is 5.93. The van der Waals surface area contributed by atoms with Crippen LogP contribution in [0.2, 0.25) is 0 Å². The largest absolute Gasteiger partial charge is 0.326 e. The normalized spacial score (nSPS) is 18.0. The summed E-state index contributed by atoms with van der Waals surface area (Å²) in [6, 6.07) is 7.76. The zero-order chi connectivity index (χ0) is 15.6. The number of nitrogens with zero attached hydrogens (tertiary/aromatic N) is 2. The predicted molar refractivity (Wildman–Crippen MR) is 95.3 cm³/mol. The maximum atomic E-state index is 12.3. The summed E-state index contributed by atoms with van der Waals surface area (Å²) in [6.07, 6.45) is 4.19. The molecule has 2 aromatic rings. The number of piperidine rings is 1. The van der Waals surface area contributed by atoms with E-state index in [-0.39, 0.29) is 24.2 Å². The van der Waals surface area contributed by atoms with Gasteiger partial charge in [0, 0.05) is 23.1 Å². The molecular formula is C17H22ClN5O. The van der Waals surface area contributed by atoms with Crippen LogP contribution in [0.3, 0.4) is 0 Å². The quantitative estimate of drug-likeness (QED) is 0.794. The fourth-order valence-corrected chi connectivity index (χ4v) is 3.01. The van der Waals surface area contributed by atoms with Gasteiger partial charge in [0.1, 0.15) is 5.82 Å². The molecule has 1 saturated carbocycles. The van der Waals surface area contributed by atoms with Crippen molar-refractivity contribution in [3.05, 3.63) is 30.1 Å². The SMILES string of the molecule is Cl.O=C(Nc1cccc(-c2n[nH]c(C3CC3)n2)c1)C1CCNCC1. The summed E-state index contributed by atoms with van der Waals surface area (Å²) in [7, 11) is 0. The summed E-state index contributed by atoms with van der Waals surface area (Å²) in [5, 5.41) is 13.6. The van der Waals surface area contributed by atoms with E-state index < -0.39 is 0 Å². The zero-order valence-corrected chi connectivity index (χ0v) is 14.2. The molecule has 1 aliphatic carbocycles. The summed E-state index contributed by atoms with van der Waals surface area (Å²) < 4.78 is 0. The van der Waals surface area contributed by atoms with E-state index in [1.54, 1.807) is 0 Å². The fourth-order valence-electron chi connectivity index (χ4n) is 3.01. The summed E-state index contributed by atoms with van der Waals surface area (Å²) in [5.74, 6) is 2.44. The number of hydrogen-bond acceptors (Lipinski definition) is 4. The monoisotopic (exact) mass is 347 g/mol. The van der Waals surface area contributed by atoms with Crippen LogP contribution in [0, 0.1) is 5.92 Å². The number of aromatic amines is 1. The molecule has 4 rings (SSSR count). The molecule has 1 aliphatic heterocycles. The smallest absolute Gasteiger partial charge is 0.227 e. The van der Waals surface area contributed by atoms with Crippen molar-refractivity contribution < 1.29 is 4.79 Å². The molecular weight excluding hydrogens is 326 g/mol. The van der Waals surface area contributed by atoms with Crippen LogP contribution in [0.15, 0.2) is 24.3 Å². The second-order valence-electron chi connectivity index (χ2n) is 6.41. The minimum absolute atomic E-state index is 0. The van der Waals surface area contributed by atoms with Crippen LogP contribution in [0.5, 0.6) is 0 Å². The molecule has 0 atom stereocenters. The van der Waals surface area contributed by atoms with Gasteiger partial charge in [0.2, 0.25) is 5.91 Å². The summed E-state index contributed by atoms with van der Waals surface area (Å²) in [6.45, 7) is 1.83. The van der Waals surface area contributed by atoms with Crippen LogP contribution in [0.1, 0.15) is 37.4 Å². The highest BCUT2D eigenvalue weighted by atomic mass is 35.5. The van der Waals surface area contributed by atoms with Crippen molar-refractivity contribution in [2.45, 2.75) is 31.6 Å². The number of hydrogen-bond donors (Lipinski definition) is 3. The van der Waals surface area contributed by atoms with Crippen LogP contribution in [-0.4, -0.2) is 34.2 Å². The van der Waals surface area contributed by atoms with Crippen molar-refractivity contribution in [3.63, 3.8) is 0 Å². The number of benzene rings is 1. The first kappa shape index (κ1) is 16.9. The fraction of sp³-hybridized carbons (Fsp3) is 0.471. The van der Waals surface area contributed by atoms with Crippen LogP contribution < -0.4 is 10.6 Å². The molecule has 1 aromatic carbocycles. The van der Waals surface area contributed by atoms with Crippen LogP contribution >= 0.6 is 12.4 Å². The topological polar surface area (TPSA) is 82.7 Å². The van der Waals surface area contributed by atoms with E-state index in [1.807, 2.05) is 24.3 Å². The Labute approximate surface area is 147 Å². The molecule has 0 unspecified atom stereocenters. The van der Waals surface area contributed by atoms with Gasteiger partial charge in [-0.3, -0.25) is 9.89 Å². The number of aromatic nitrogens is 3.